The van der Waals surface area contributed by atoms with Crippen LogP contribution in [0.4, 0.5) is 13.2 Å². The van der Waals surface area contributed by atoms with E-state index >= 15 is 0 Å². The van der Waals surface area contributed by atoms with Gasteiger partial charge in [-0.1, -0.05) is 27.7 Å². The van der Waals surface area contributed by atoms with Crippen LogP contribution >= 0.6 is 11.8 Å². The van der Waals surface area contributed by atoms with E-state index < -0.39 is 17.7 Å². The maximum atomic E-state index is 13.1. The first-order chi connectivity index (χ1) is 9.05. The summed E-state index contributed by atoms with van der Waals surface area (Å²) in [4.78, 5) is 11.3. The number of alkyl halides is 3. The van der Waals surface area contributed by atoms with Crippen molar-refractivity contribution in [3.05, 3.63) is 28.8 Å². The van der Waals surface area contributed by atoms with E-state index in [2.05, 4.69) is 0 Å². The Balaban J connectivity index is 3.66. The van der Waals surface area contributed by atoms with Crippen molar-refractivity contribution >= 4 is 17.7 Å². The van der Waals surface area contributed by atoms with Crippen molar-refractivity contribution in [2.45, 2.75) is 49.9 Å². The van der Waals surface area contributed by atoms with Crippen molar-refractivity contribution in [2.75, 3.05) is 0 Å². The molecule has 0 saturated carbocycles. The van der Waals surface area contributed by atoms with E-state index in [0.29, 0.717) is 0 Å². The highest BCUT2D eigenvalue weighted by molar-refractivity contribution is 8.00. The number of rotatable bonds is 4. The van der Waals surface area contributed by atoms with Crippen molar-refractivity contribution in [3.8, 4) is 0 Å². The van der Waals surface area contributed by atoms with Gasteiger partial charge in [-0.3, -0.25) is 0 Å². The van der Waals surface area contributed by atoms with Crippen LogP contribution in [0.5, 0.6) is 0 Å². The Hall–Kier alpha value is -1.17. The van der Waals surface area contributed by atoms with Crippen LogP contribution in [0.15, 0.2) is 17.0 Å². The van der Waals surface area contributed by atoms with Gasteiger partial charge >= 0.3 is 12.1 Å². The summed E-state index contributed by atoms with van der Waals surface area (Å²) in [6, 6.07) is 1.91. The molecule has 1 rings (SSSR count). The highest BCUT2D eigenvalue weighted by Crippen LogP contribution is 2.43. The zero-order chi connectivity index (χ0) is 15.7. The summed E-state index contributed by atoms with van der Waals surface area (Å²) in [5.74, 6) is -1.50. The maximum absolute atomic E-state index is 13.1. The van der Waals surface area contributed by atoms with E-state index in [-0.39, 0.29) is 27.2 Å². The average Bonchev–Trinajstić information content (AvgIpc) is 2.25. The molecule has 1 aromatic rings. The van der Waals surface area contributed by atoms with Crippen LogP contribution in [-0.2, 0) is 6.18 Å². The number of hydrogen-bond donors (Lipinski definition) is 1. The standard InChI is InChI=1S/C14H17F3O2S/c1-7(2)11-9(13(18)19)5-6-10(14(15,16)17)12(11)20-8(3)4/h5-8H,1-4H3,(H,18,19). The molecule has 0 aliphatic heterocycles. The highest BCUT2D eigenvalue weighted by atomic mass is 32.2. The number of aromatic carboxylic acids is 1. The predicted octanol–water partition coefficient (Wildman–Crippen LogP) is 5.03. The molecule has 0 unspecified atom stereocenters. The van der Waals surface area contributed by atoms with Gasteiger partial charge in [0, 0.05) is 10.1 Å². The first-order valence-corrected chi connectivity index (χ1v) is 7.07. The smallest absolute Gasteiger partial charge is 0.417 e. The van der Waals surface area contributed by atoms with E-state index in [1.165, 1.54) is 0 Å². The van der Waals surface area contributed by atoms with Crippen molar-refractivity contribution in [2.24, 2.45) is 0 Å². The molecule has 0 aromatic heterocycles. The molecule has 0 aliphatic carbocycles. The largest absolute Gasteiger partial charge is 0.478 e. The van der Waals surface area contributed by atoms with Gasteiger partial charge in [0.15, 0.2) is 0 Å². The minimum Gasteiger partial charge on any atom is -0.478 e. The zero-order valence-electron chi connectivity index (χ0n) is 11.7. The Morgan fingerprint density at radius 1 is 1.20 bits per heavy atom. The molecule has 0 radical (unpaired) electrons. The topological polar surface area (TPSA) is 37.3 Å². The maximum Gasteiger partial charge on any atom is 0.417 e. The molecule has 0 amide bonds. The molecule has 1 aromatic carbocycles. The molecule has 0 atom stereocenters. The van der Waals surface area contributed by atoms with Crippen LogP contribution in [0.25, 0.3) is 0 Å². The van der Waals surface area contributed by atoms with Crippen molar-refractivity contribution < 1.29 is 23.1 Å². The summed E-state index contributed by atoms with van der Waals surface area (Å²) >= 11 is 1.06. The van der Waals surface area contributed by atoms with Crippen LogP contribution in [0, 0.1) is 0 Å². The SMILES string of the molecule is CC(C)Sc1c(C(F)(F)F)ccc(C(=O)O)c1C(C)C. The summed E-state index contributed by atoms with van der Waals surface area (Å²) < 4.78 is 39.3. The van der Waals surface area contributed by atoms with Crippen LogP contribution in [-0.4, -0.2) is 16.3 Å². The summed E-state index contributed by atoms with van der Waals surface area (Å²) in [5, 5.41) is 9.10. The number of carboxylic acids is 1. The molecule has 6 heteroatoms. The monoisotopic (exact) mass is 306 g/mol. The molecule has 0 aliphatic rings. The molecule has 0 saturated heterocycles. The normalized spacial score (nSPS) is 12.2. The van der Waals surface area contributed by atoms with E-state index in [1.807, 2.05) is 0 Å². The number of benzene rings is 1. The number of carboxylic acid groups (broad SMARTS) is 1. The minimum atomic E-state index is -4.49. The Morgan fingerprint density at radius 3 is 2.10 bits per heavy atom. The lowest BCUT2D eigenvalue weighted by atomic mass is 9.94. The van der Waals surface area contributed by atoms with Crippen LogP contribution < -0.4 is 0 Å². The summed E-state index contributed by atoms with van der Waals surface area (Å²) in [5.41, 5.74) is -0.563. The molecule has 112 valence electrons. The lowest BCUT2D eigenvalue weighted by Crippen LogP contribution is -2.14. The number of hydrogen-bond acceptors (Lipinski definition) is 2. The fourth-order valence-electron chi connectivity index (χ4n) is 1.95. The van der Waals surface area contributed by atoms with Crippen LogP contribution in [0.2, 0.25) is 0 Å². The molecule has 0 bridgehead atoms. The highest BCUT2D eigenvalue weighted by Gasteiger charge is 2.36. The Kier molecular flexibility index (Phi) is 5.13. The third kappa shape index (κ3) is 3.69. The molecule has 20 heavy (non-hydrogen) atoms. The van der Waals surface area contributed by atoms with Gasteiger partial charge in [0.25, 0.3) is 0 Å². The van der Waals surface area contributed by atoms with E-state index in [0.717, 1.165) is 23.9 Å². The first kappa shape index (κ1) is 16.9. The molecule has 0 fully saturated rings. The summed E-state index contributed by atoms with van der Waals surface area (Å²) in [7, 11) is 0. The predicted molar refractivity (Wildman–Crippen MR) is 73.5 cm³/mol. The van der Waals surface area contributed by atoms with Gasteiger partial charge in [0.05, 0.1) is 11.1 Å². The fourth-order valence-corrected chi connectivity index (χ4v) is 3.20. The lowest BCUT2D eigenvalue weighted by Gasteiger charge is -2.21. The number of thioether (sulfide) groups is 1. The van der Waals surface area contributed by atoms with Gasteiger partial charge in [-0.2, -0.15) is 13.2 Å². The van der Waals surface area contributed by atoms with Gasteiger partial charge in [-0.25, -0.2) is 4.79 Å². The van der Waals surface area contributed by atoms with Crippen LogP contribution in [0.3, 0.4) is 0 Å². The fraction of sp³-hybridized carbons (Fsp3) is 0.500. The Labute approximate surface area is 120 Å². The van der Waals surface area contributed by atoms with E-state index in [4.69, 9.17) is 0 Å². The van der Waals surface area contributed by atoms with Gasteiger partial charge in [-0.15, -0.1) is 11.8 Å². The van der Waals surface area contributed by atoms with Crippen molar-refractivity contribution in [1.29, 1.82) is 0 Å². The molecular formula is C14H17F3O2S. The molecule has 0 spiro atoms. The van der Waals surface area contributed by atoms with Gasteiger partial charge in [-0.05, 0) is 23.6 Å². The second-order valence-electron chi connectivity index (χ2n) is 5.03. The number of halogens is 3. The van der Waals surface area contributed by atoms with Crippen LogP contribution in [0.1, 0.15) is 55.1 Å². The zero-order valence-corrected chi connectivity index (χ0v) is 12.5. The van der Waals surface area contributed by atoms with E-state index in [1.54, 1.807) is 27.7 Å². The molecular weight excluding hydrogens is 289 g/mol. The lowest BCUT2D eigenvalue weighted by molar-refractivity contribution is -0.139. The summed E-state index contributed by atoms with van der Waals surface area (Å²) in [6.07, 6.45) is -4.49. The van der Waals surface area contributed by atoms with Crippen molar-refractivity contribution in [3.63, 3.8) is 0 Å². The summed E-state index contributed by atoms with van der Waals surface area (Å²) in [6.45, 7) is 6.96. The second kappa shape index (κ2) is 6.08. The van der Waals surface area contributed by atoms with Gasteiger partial charge in [0.1, 0.15) is 0 Å². The second-order valence-corrected chi connectivity index (χ2v) is 6.61. The van der Waals surface area contributed by atoms with Gasteiger partial charge < -0.3 is 5.11 Å². The molecule has 1 N–H and O–H groups in total. The minimum absolute atomic E-state index is 0.0300. The Bertz CT molecular complexity index is 508. The third-order valence-electron chi connectivity index (χ3n) is 2.66. The third-order valence-corrected chi connectivity index (χ3v) is 3.81. The average molecular weight is 306 g/mol. The first-order valence-electron chi connectivity index (χ1n) is 6.19. The Morgan fingerprint density at radius 2 is 1.75 bits per heavy atom. The molecule has 0 heterocycles. The number of carbonyl (C=O) groups is 1. The van der Waals surface area contributed by atoms with Crippen molar-refractivity contribution in [1.82, 2.24) is 0 Å². The van der Waals surface area contributed by atoms with E-state index in [9.17, 15) is 23.1 Å². The molecule has 2 nitrogen and oxygen atoms in total. The van der Waals surface area contributed by atoms with Gasteiger partial charge in [0.2, 0.25) is 0 Å². The quantitative estimate of drug-likeness (QED) is 0.793.